The molecule has 2 aliphatic heterocycles. The zero-order valence-electron chi connectivity index (χ0n) is 37.6. The van der Waals surface area contributed by atoms with Crippen LogP contribution in [0.3, 0.4) is 0 Å². The van der Waals surface area contributed by atoms with Crippen LogP contribution in [0.1, 0.15) is 66.2 Å². The first-order valence-corrected chi connectivity index (χ1v) is 23.1. The summed E-state index contributed by atoms with van der Waals surface area (Å²) in [7, 11) is -4.14. The molecule has 2 aliphatic rings. The summed E-state index contributed by atoms with van der Waals surface area (Å²) in [6, 6.07) is 18.5. The van der Waals surface area contributed by atoms with Gasteiger partial charge >= 0.3 is 24.2 Å². The number of hydrogen-bond acceptors (Lipinski definition) is 14. The molecule has 0 saturated carbocycles. The van der Waals surface area contributed by atoms with Crippen LogP contribution in [0.15, 0.2) is 84.9 Å². The highest BCUT2D eigenvalue weighted by atomic mass is 32.2. The summed E-state index contributed by atoms with van der Waals surface area (Å²) < 4.78 is 47.4. The molecule has 0 aliphatic carbocycles. The first-order chi connectivity index (χ1) is 32.8. The monoisotopic (exact) mass is 972 g/mol. The van der Waals surface area contributed by atoms with Gasteiger partial charge in [0.2, 0.25) is 17.7 Å². The maximum Gasteiger partial charge on any atom is 0.411 e. The Bertz CT molecular complexity index is 2740. The Hall–Kier alpha value is -7.80. The van der Waals surface area contributed by atoms with Gasteiger partial charge in [-0.15, -0.1) is 0 Å². The van der Waals surface area contributed by atoms with Gasteiger partial charge in [0.15, 0.2) is 5.60 Å². The number of fused-ring (bicyclic) bond motifs is 6. The molecule has 1 unspecified atom stereocenters. The van der Waals surface area contributed by atoms with E-state index in [0.29, 0.717) is 39.2 Å². The lowest BCUT2D eigenvalue weighted by atomic mass is 9.77. The summed E-state index contributed by atoms with van der Waals surface area (Å²) in [5, 5.41) is 20.5. The highest BCUT2D eigenvalue weighted by Crippen LogP contribution is 2.56. The van der Waals surface area contributed by atoms with Crippen LogP contribution in [-0.4, -0.2) is 88.1 Å². The van der Waals surface area contributed by atoms with Crippen molar-refractivity contribution in [1.29, 1.82) is 0 Å². The number of esters is 1. The molecule has 2 heterocycles. The van der Waals surface area contributed by atoms with Gasteiger partial charge in [0.05, 0.1) is 18.2 Å². The topological polar surface area (TPSA) is 353 Å². The Kier molecular flexibility index (Phi) is 16.0. The van der Waals surface area contributed by atoms with Crippen LogP contribution in [0.2, 0.25) is 0 Å². The lowest BCUT2D eigenvalue weighted by molar-refractivity contribution is -0.132. The van der Waals surface area contributed by atoms with Gasteiger partial charge in [0.25, 0.3) is 10.2 Å². The second-order valence-electron chi connectivity index (χ2n) is 16.1. The third-order valence-electron chi connectivity index (χ3n) is 10.8. The van der Waals surface area contributed by atoms with Gasteiger partial charge in [-0.1, -0.05) is 44.2 Å². The highest BCUT2D eigenvalue weighted by molar-refractivity contribution is 7.87. The van der Waals surface area contributed by atoms with Crippen LogP contribution in [0.25, 0.3) is 0 Å². The smallest absolute Gasteiger partial charge is 0.411 e. The number of primary amides is 1. The minimum absolute atomic E-state index is 0.0386. The van der Waals surface area contributed by atoms with E-state index in [0.717, 1.165) is 0 Å². The van der Waals surface area contributed by atoms with Gasteiger partial charge in [-0.2, -0.15) is 8.42 Å². The first kappa shape index (κ1) is 50.6. The molecule has 13 N–H and O–H groups in total. The van der Waals surface area contributed by atoms with Crippen molar-refractivity contribution in [3.8, 4) is 11.5 Å². The number of nitrogens with one attached hydrogen (secondary N) is 7. The second-order valence-corrected chi connectivity index (χ2v) is 17.5. The average molecular weight is 973 g/mol. The van der Waals surface area contributed by atoms with Crippen LogP contribution in [0.4, 0.5) is 31.4 Å². The molecule has 69 heavy (non-hydrogen) atoms. The van der Waals surface area contributed by atoms with E-state index in [2.05, 4.69) is 31.9 Å². The third kappa shape index (κ3) is 12.6. The number of nitrogens with two attached hydrogens (primary N) is 3. The maximum atomic E-state index is 13.6. The molecular weight excluding hydrogens is 921 g/mol. The van der Waals surface area contributed by atoms with E-state index >= 15 is 0 Å². The molecule has 23 nitrogen and oxygen atoms in total. The minimum atomic E-state index is -4.14. The van der Waals surface area contributed by atoms with E-state index in [9.17, 15) is 42.0 Å². The quantitative estimate of drug-likeness (QED) is 0.0367. The number of rotatable bonds is 19. The average Bonchev–Trinajstić information content (AvgIpc) is 3.59. The lowest BCUT2D eigenvalue weighted by Crippen LogP contribution is -2.58. The van der Waals surface area contributed by atoms with Gasteiger partial charge in [-0.05, 0) is 73.7 Å². The zero-order chi connectivity index (χ0) is 50.0. The normalized spacial score (nSPS) is 15.7. The molecule has 4 aromatic rings. The van der Waals surface area contributed by atoms with Crippen molar-refractivity contribution in [1.82, 2.24) is 20.7 Å². The Morgan fingerprint density at radius 2 is 1.36 bits per heavy atom. The fourth-order valence-electron chi connectivity index (χ4n) is 7.48. The van der Waals surface area contributed by atoms with Gasteiger partial charge in [0.1, 0.15) is 30.2 Å². The number of carbonyl (C=O) groups is 7. The number of hydrogen-bond donors (Lipinski definition) is 10. The summed E-state index contributed by atoms with van der Waals surface area (Å²) in [6.45, 7) is 4.48. The van der Waals surface area contributed by atoms with Crippen molar-refractivity contribution in [2.24, 2.45) is 22.5 Å². The molecule has 0 radical (unpaired) electrons. The summed E-state index contributed by atoms with van der Waals surface area (Å²) in [5.74, 6) is -2.73. The summed E-state index contributed by atoms with van der Waals surface area (Å²) in [5.41, 5.74) is 13.0. The van der Waals surface area contributed by atoms with Crippen LogP contribution in [0.5, 0.6) is 11.5 Å². The Balaban J connectivity index is 1.10. The Morgan fingerprint density at radius 1 is 0.754 bits per heavy atom. The van der Waals surface area contributed by atoms with Crippen molar-refractivity contribution < 1.29 is 60.9 Å². The molecule has 4 aromatic carbocycles. The van der Waals surface area contributed by atoms with E-state index in [1.165, 1.54) is 0 Å². The molecule has 6 rings (SSSR count). The molecule has 1 spiro atoms. The number of urea groups is 1. The fourth-order valence-corrected chi connectivity index (χ4v) is 7.89. The van der Waals surface area contributed by atoms with Gasteiger partial charge in [-0.3, -0.25) is 25.0 Å². The van der Waals surface area contributed by atoms with Crippen molar-refractivity contribution in [2.75, 3.05) is 35.6 Å². The molecule has 366 valence electrons. The van der Waals surface area contributed by atoms with Crippen LogP contribution >= 0.6 is 0 Å². The molecule has 4 atom stereocenters. The molecule has 0 bridgehead atoms. The third-order valence-corrected chi connectivity index (χ3v) is 11.3. The standard InChI is InChI=1S/C45H52N10O13S/c1-4-65-43(61)52-27-15-17-31-35(20-27)67-36-21-28(16-18-32(36)45(31)30-9-6-5-8-29(30)41(59)68-45)53-44(62)66-23-25-11-13-26(14-12-25)51-39(57)34(10-7-19-49-42(47)60)54-40(58)37(24(2)3)55-38(56)33(46)22-50-69(48,63)64/h5-6,8-9,11-18,20-21,24,33-34,37,50H,4,7,10,19,22-23,46H2,1-3H3,(H,51,57)(H,52,61)(H,53,62)(H,54,58)(H,55,56)(H3,47,49,60)(H2,48,63,64)/t33-,34-,37-,45?/m0/s1. The predicted molar refractivity (Wildman–Crippen MR) is 249 cm³/mol. The fraction of sp³-hybridized carbons (Fsp3) is 0.311. The van der Waals surface area contributed by atoms with Crippen LogP contribution < -0.4 is 58.0 Å². The van der Waals surface area contributed by atoms with Gasteiger partial charge in [0, 0.05) is 59.0 Å². The largest absolute Gasteiger partial charge is 0.456 e. The molecular formula is C45H52N10O13S. The van der Waals surface area contributed by atoms with E-state index in [1.807, 2.05) is 4.72 Å². The van der Waals surface area contributed by atoms with E-state index in [1.54, 1.807) is 106 Å². The van der Waals surface area contributed by atoms with Crippen molar-refractivity contribution >= 4 is 69.2 Å². The summed E-state index contributed by atoms with van der Waals surface area (Å²) in [6.07, 6.45) is -1.23. The SMILES string of the molecule is CCOC(=O)Nc1ccc2c(c1)Oc1cc(NC(=O)OCc3ccc(NC(=O)[C@H](CCCNC(N)=O)NC(=O)[C@@H](NC(=O)[C@@H](N)CNS(N)(=O)=O)C(C)C)cc3)ccc1C21OC(=O)c2ccccc21. The predicted octanol–water partition coefficient (Wildman–Crippen LogP) is 2.70. The minimum Gasteiger partial charge on any atom is -0.456 e. The van der Waals surface area contributed by atoms with Crippen LogP contribution in [-0.2, 0) is 51.0 Å². The van der Waals surface area contributed by atoms with E-state index in [-0.39, 0.29) is 49.8 Å². The van der Waals surface area contributed by atoms with Gasteiger partial charge < -0.3 is 51.7 Å². The number of anilines is 3. The lowest BCUT2D eigenvalue weighted by Gasteiger charge is -2.36. The number of benzene rings is 4. The summed E-state index contributed by atoms with van der Waals surface area (Å²) in [4.78, 5) is 89.6. The highest BCUT2D eigenvalue weighted by Gasteiger charge is 2.53. The Morgan fingerprint density at radius 3 is 1.96 bits per heavy atom. The number of amides is 7. The van der Waals surface area contributed by atoms with E-state index in [4.69, 9.17) is 35.6 Å². The van der Waals surface area contributed by atoms with Crippen molar-refractivity contribution in [2.45, 2.75) is 63.9 Å². The van der Waals surface area contributed by atoms with Crippen LogP contribution in [0, 0.1) is 5.92 Å². The number of carbonyl (C=O) groups excluding carboxylic acids is 7. The van der Waals surface area contributed by atoms with Crippen molar-refractivity contribution in [3.05, 3.63) is 113 Å². The first-order valence-electron chi connectivity index (χ1n) is 21.5. The number of ether oxygens (including phenoxy) is 4. The van der Waals surface area contributed by atoms with Gasteiger partial charge in [-0.25, -0.2) is 29.0 Å². The molecule has 7 amide bonds. The maximum absolute atomic E-state index is 13.6. The molecule has 0 fully saturated rings. The molecule has 0 saturated heterocycles. The zero-order valence-corrected chi connectivity index (χ0v) is 38.4. The molecule has 0 aromatic heterocycles. The van der Waals surface area contributed by atoms with E-state index < -0.39 is 88.3 Å². The summed E-state index contributed by atoms with van der Waals surface area (Å²) >= 11 is 0. The Labute approximate surface area is 396 Å². The van der Waals surface area contributed by atoms with Crippen molar-refractivity contribution in [3.63, 3.8) is 0 Å². The molecule has 24 heteroatoms. The second kappa shape index (κ2) is 21.9.